The van der Waals surface area contributed by atoms with E-state index in [1.54, 1.807) is 0 Å². The standard InChI is InChI=1S/C10H19NS/c1-8-6-10(7-8)11-9-2-4-12-5-3-9/h8-11H,2-7H2,1H3. The molecule has 0 spiro atoms. The molecule has 0 aromatic carbocycles. The minimum Gasteiger partial charge on any atom is -0.311 e. The van der Waals surface area contributed by atoms with Gasteiger partial charge in [0, 0.05) is 12.1 Å². The summed E-state index contributed by atoms with van der Waals surface area (Å²) in [4.78, 5) is 0. The zero-order valence-corrected chi connectivity index (χ0v) is 8.70. The van der Waals surface area contributed by atoms with Crippen LogP contribution in [0.15, 0.2) is 0 Å². The smallest absolute Gasteiger partial charge is 0.00853 e. The highest BCUT2D eigenvalue weighted by Gasteiger charge is 2.27. The van der Waals surface area contributed by atoms with E-state index in [-0.39, 0.29) is 0 Å². The van der Waals surface area contributed by atoms with Crippen LogP contribution in [0.2, 0.25) is 0 Å². The van der Waals surface area contributed by atoms with Gasteiger partial charge in [0.05, 0.1) is 0 Å². The fourth-order valence-corrected chi connectivity index (χ4v) is 3.34. The number of hydrogen-bond acceptors (Lipinski definition) is 2. The number of thioether (sulfide) groups is 1. The van der Waals surface area contributed by atoms with Gasteiger partial charge in [0.15, 0.2) is 0 Å². The maximum absolute atomic E-state index is 3.77. The second-order valence-electron chi connectivity index (χ2n) is 4.33. The Morgan fingerprint density at radius 2 is 1.75 bits per heavy atom. The van der Waals surface area contributed by atoms with Crippen LogP contribution in [0.3, 0.4) is 0 Å². The maximum Gasteiger partial charge on any atom is 0.00853 e. The lowest BCUT2D eigenvalue weighted by Gasteiger charge is -2.37. The maximum atomic E-state index is 3.77. The molecule has 2 fully saturated rings. The summed E-state index contributed by atoms with van der Waals surface area (Å²) in [6.45, 7) is 2.36. The SMILES string of the molecule is CC1CC(NC2CCSCC2)C1. The molecular formula is C10H19NS. The van der Waals surface area contributed by atoms with Crippen molar-refractivity contribution in [3.8, 4) is 0 Å². The van der Waals surface area contributed by atoms with E-state index in [1.807, 2.05) is 0 Å². The summed E-state index contributed by atoms with van der Waals surface area (Å²) in [5.74, 6) is 3.74. The first kappa shape index (κ1) is 8.89. The minimum absolute atomic E-state index is 0.851. The number of rotatable bonds is 2. The van der Waals surface area contributed by atoms with E-state index in [0.29, 0.717) is 0 Å². The summed E-state index contributed by atoms with van der Waals surface area (Å²) in [7, 11) is 0. The van der Waals surface area contributed by atoms with E-state index in [9.17, 15) is 0 Å². The highest BCUT2D eigenvalue weighted by molar-refractivity contribution is 7.99. The van der Waals surface area contributed by atoms with E-state index >= 15 is 0 Å². The molecule has 2 aliphatic rings. The third kappa shape index (κ3) is 2.17. The van der Waals surface area contributed by atoms with Crippen molar-refractivity contribution >= 4 is 11.8 Å². The minimum atomic E-state index is 0.851. The van der Waals surface area contributed by atoms with Crippen LogP contribution in [0.1, 0.15) is 32.6 Å². The lowest BCUT2D eigenvalue weighted by atomic mass is 9.81. The monoisotopic (exact) mass is 185 g/mol. The molecule has 0 amide bonds. The average Bonchev–Trinajstić information content (AvgIpc) is 2.04. The van der Waals surface area contributed by atoms with Gasteiger partial charge < -0.3 is 5.32 Å². The first-order chi connectivity index (χ1) is 5.84. The summed E-state index contributed by atoms with van der Waals surface area (Å²) in [5, 5.41) is 3.77. The molecule has 0 atom stereocenters. The lowest BCUT2D eigenvalue weighted by Crippen LogP contribution is -2.46. The van der Waals surface area contributed by atoms with Crippen LogP contribution >= 0.6 is 11.8 Å². The number of hydrogen-bond donors (Lipinski definition) is 1. The molecule has 2 heteroatoms. The molecule has 1 heterocycles. The average molecular weight is 185 g/mol. The van der Waals surface area contributed by atoms with Gasteiger partial charge in [-0.3, -0.25) is 0 Å². The molecule has 1 N–H and O–H groups in total. The topological polar surface area (TPSA) is 12.0 Å². The molecule has 0 aromatic heterocycles. The predicted octanol–water partition coefficient (Wildman–Crippen LogP) is 2.27. The van der Waals surface area contributed by atoms with Gasteiger partial charge in [-0.15, -0.1) is 0 Å². The van der Waals surface area contributed by atoms with Crippen LogP contribution in [-0.2, 0) is 0 Å². The summed E-state index contributed by atoms with van der Waals surface area (Å²) in [6, 6.07) is 1.72. The fourth-order valence-electron chi connectivity index (χ4n) is 2.24. The molecule has 2 rings (SSSR count). The van der Waals surface area contributed by atoms with Gasteiger partial charge in [-0.1, -0.05) is 6.92 Å². The molecule has 1 saturated carbocycles. The van der Waals surface area contributed by atoms with Gasteiger partial charge in [0.1, 0.15) is 0 Å². The van der Waals surface area contributed by atoms with E-state index in [2.05, 4.69) is 24.0 Å². The quantitative estimate of drug-likeness (QED) is 0.708. The summed E-state index contributed by atoms with van der Waals surface area (Å²) in [6.07, 6.45) is 5.64. The van der Waals surface area contributed by atoms with Gasteiger partial charge in [-0.25, -0.2) is 0 Å². The Kier molecular flexibility index (Phi) is 2.97. The third-order valence-electron chi connectivity index (χ3n) is 3.07. The zero-order chi connectivity index (χ0) is 8.39. The van der Waals surface area contributed by atoms with Crippen LogP contribution in [0.25, 0.3) is 0 Å². The molecule has 0 aromatic rings. The summed E-state index contributed by atoms with van der Waals surface area (Å²) >= 11 is 2.11. The van der Waals surface area contributed by atoms with Crippen molar-refractivity contribution in [2.75, 3.05) is 11.5 Å². The molecule has 12 heavy (non-hydrogen) atoms. The Bertz CT molecular complexity index is 137. The van der Waals surface area contributed by atoms with Gasteiger partial charge in [-0.2, -0.15) is 11.8 Å². The van der Waals surface area contributed by atoms with E-state index in [4.69, 9.17) is 0 Å². The predicted molar refractivity (Wildman–Crippen MR) is 55.7 cm³/mol. The van der Waals surface area contributed by atoms with Crippen LogP contribution in [0, 0.1) is 5.92 Å². The van der Waals surface area contributed by atoms with E-state index < -0.39 is 0 Å². The zero-order valence-electron chi connectivity index (χ0n) is 7.88. The van der Waals surface area contributed by atoms with Crippen LogP contribution < -0.4 is 5.32 Å². The molecule has 0 unspecified atom stereocenters. The second-order valence-corrected chi connectivity index (χ2v) is 5.55. The van der Waals surface area contributed by atoms with Crippen LogP contribution in [-0.4, -0.2) is 23.6 Å². The van der Waals surface area contributed by atoms with Gasteiger partial charge in [0.2, 0.25) is 0 Å². The Labute approximate surface area is 79.7 Å². The molecule has 1 saturated heterocycles. The Balaban J connectivity index is 1.65. The highest BCUT2D eigenvalue weighted by Crippen LogP contribution is 2.28. The van der Waals surface area contributed by atoms with Gasteiger partial charge in [0.25, 0.3) is 0 Å². The molecule has 0 bridgehead atoms. The number of nitrogens with one attached hydrogen (secondary N) is 1. The Hall–Kier alpha value is 0.310. The van der Waals surface area contributed by atoms with Crippen molar-refractivity contribution in [3.05, 3.63) is 0 Å². The van der Waals surface area contributed by atoms with Gasteiger partial charge in [-0.05, 0) is 43.1 Å². The lowest BCUT2D eigenvalue weighted by molar-refractivity contribution is 0.218. The van der Waals surface area contributed by atoms with Gasteiger partial charge >= 0.3 is 0 Å². The molecule has 0 radical (unpaired) electrons. The van der Waals surface area contributed by atoms with Crippen LogP contribution in [0.5, 0.6) is 0 Å². The first-order valence-corrected chi connectivity index (χ1v) is 6.34. The van der Waals surface area contributed by atoms with E-state index in [0.717, 1.165) is 18.0 Å². The molecule has 1 nitrogen and oxygen atoms in total. The Morgan fingerprint density at radius 3 is 2.33 bits per heavy atom. The van der Waals surface area contributed by atoms with Crippen molar-refractivity contribution < 1.29 is 0 Å². The highest BCUT2D eigenvalue weighted by atomic mass is 32.2. The largest absolute Gasteiger partial charge is 0.311 e. The van der Waals surface area contributed by atoms with Crippen molar-refractivity contribution in [2.24, 2.45) is 5.92 Å². The molecular weight excluding hydrogens is 166 g/mol. The van der Waals surface area contributed by atoms with Crippen LogP contribution in [0.4, 0.5) is 0 Å². The van der Waals surface area contributed by atoms with Crippen molar-refractivity contribution in [1.82, 2.24) is 5.32 Å². The molecule has 70 valence electrons. The van der Waals surface area contributed by atoms with Crippen molar-refractivity contribution in [2.45, 2.75) is 44.7 Å². The molecule has 1 aliphatic heterocycles. The van der Waals surface area contributed by atoms with Crippen molar-refractivity contribution in [3.63, 3.8) is 0 Å². The van der Waals surface area contributed by atoms with E-state index in [1.165, 1.54) is 37.2 Å². The summed E-state index contributed by atoms with van der Waals surface area (Å²) in [5.41, 5.74) is 0. The second kappa shape index (κ2) is 4.01. The normalized spacial score (nSPS) is 37.8. The first-order valence-electron chi connectivity index (χ1n) is 5.18. The van der Waals surface area contributed by atoms with Crippen molar-refractivity contribution in [1.29, 1.82) is 0 Å². The molecule has 1 aliphatic carbocycles. The Morgan fingerprint density at radius 1 is 1.08 bits per heavy atom. The summed E-state index contributed by atoms with van der Waals surface area (Å²) < 4.78 is 0. The third-order valence-corrected chi connectivity index (χ3v) is 4.12. The fraction of sp³-hybridized carbons (Fsp3) is 1.00.